The van der Waals surface area contributed by atoms with Gasteiger partial charge in [-0.3, -0.25) is 4.90 Å². The van der Waals surface area contributed by atoms with Crippen LogP contribution in [0.1, 0.15) is 24.8 Å². The number of urea groups is 1. The molecule has 0 bridgehead atoms. The Morgan fingerprint density at radius 3 is 2.69 bits per heavy atom. The maximum Gasteiger partial charge on any atom is 0.401 e. The average Bonchev–Trinajstić information content (AvgIpc) is 2.88. The van der Waals surface area contributed by atoms with Gasteiger partial charge in [-0.25, -0.2) is 9.18 Å². The van der Waals surface area contributed by atoms with Crippen molar-refractivity contribution >= 4 is 11.7 Å². The van der Waals surface area contributed by atoms with Gasteiger partial charge in [0.25, 0.3) is 0 Å². The zero-order chi connectivity index (χ0) is 21.0. The van der Waals surface area contributed by atoms with Crippen LogP contribution in [-0.2, 0) is 0 Å². The van der Waals surface area contributed by atoms with E-state index in [2.05, 4.69) is 5.32 Å². The number of hydrogen-bond acceptors (Lipinski definition) is 3. The summed E-state index contributed by atoms with van der Waals surface area (Å²) >= 11 is 0. The first-order valence-corrected chi connectivity index (χ1v) is 10.1. The highest BCUT2D eigenvalue weighted by atomic mass is 19.4. The lowest BCUT2D eigenvalue weighted by atomic mass is 10.0. The van der Waals surface area contributed by atoms with Crippen molar-refractivity contribution in [3.63, 3.8) is 0 Å². The van der Waals surface area contributed by atoms with Gasteiger partial charge in [0.2, 0.25) is 0 Å². The minimum absolute atomic E-state index is 0.120. The minimum atomic E-state index is -4.23. The summed E-state index contributed by atoms with van der Waals surface area (Å²) in [6.07, 6.45) is -2.09. The molecule has 1 unspecified atom stereocenters. The van der Waals surface area contributed by atoms with Gasteiger partial charge in [-0.15, -0.1) is 0 Å². The molecule has 2 aliphatic rings. The molecule has 1 N–H and O–H groups in total. The molecule has 162 valence electrons. The maximum atomic E-state index is 14.2. The van der Waals surface area contributed by atoms with Crippen LogP contribution in [0.4, 0.5) is 28.0 Å². The Hall–Kier alpha value is -2.03. The summed E-state index contributed by atoms with van der Waals surface area (Å²) in [4.78, 5) is 17.5. The van der Waals surface area contributed by atoms with E-state index in [1.807, 2.05) is 17.9 Å². The van der Waals surface area contributed by atoms with E-state index in [0.717, 1.165) is 24.9 Å². The van der Waals surface area contributed by atoms with Gasteiger partial charge >= 0.3 is 12.2 Å². The standard InChI is InChI=1S/C20H28F4N4O/c1-15-5-6-17(21)18(12-15)28-8-2-4-16(13-28)25-19(29)27-9-3-7-26(10-11-27)14-20(22,23)24/h5-6,12,16H,2-4,7-11,13-14H2,1H3,(H,25,29). The molecule has 0 aliphatic carbocycles. The van der Waals surface area contributed by atoms with Gasteiger partial charge in [0.15, 0.2) is 0 Å². The first-order chi connectivity index (χ1) is 13.7. The molecule has 3 rings (SSSR count). The molecule has 5 nitrogen and oxygen atoms in total. The van der Waals surface area contributed by atoms with Crippen LogP contribution < -0.4 is 10.2 Å². The van der Waals surface area contributed by atoms with E-state index in [1.165, 1.54) is 11.0 Å². The van der Waals surface area contributed by atoms with Gasteiger partial charge in [0.1, 0.15) is 5.82 Å². The van der Waals surface area contributed by atoms with Crippen LogP contribution in [-0.4, -0.2) is 73.9 Å². The number of amides is 2. The van der Waals surface area contributed by atoms with E-state index in [-0.39, 0.29) is 31.0 Å². The van der Waals surface area contributed by atoms with Crippen LogP contribution in [0.15, 0.2) is 18.2 Å². The number of rotatable bonds is 3. The molecule has 0 aromatic heterocycles. The number of alkyl halides is 3. The topological polar surface area (TPSA) is 38.8 Å². The van der Waals surface area contributed by atoms with E-state index < -0.39 is 12.7 Å². The van der Waals surface area contributed by atoms with E-state index in [9.17, 15) is 22.4 Å². The smallest absolute Gasteiger partial charge is 0.367 e. The SMILES string of the molecule is Cc1ccc(F)c(N2CCCC(NC(=O)N3CCCN(CC(F)(F)F)CC3)C2)c1. The summed E-state index contributed by atoms with van der Waals surface area (Å²) in [5, 5.41) is 3.00. The normalized spacial score (nSPS) is 21.8. The van der Waals surface area contributed by atoms with Crippen molar-refractivity contribution in [1.82, 2.24) is 15.1 Å². The number of halogens is 4. The molecule has 0 spiro atoms. The Labute approximate surface area is 168 Å². The molecule has 2 amide bonds. The zero-order valence-electron chi connectivity index (χ0n) is 16.6. The van der Waals surface area contributed by atoms with Gasteiger partial charge in [0, 0.05) is 45.3 Å². The molecule has 2 fully saturated rings. The quantitative estimate of drug-likeness (QED) is 0.768. The summed E-state index contributed by atoms with van der Waals surface area (Å²) in [5.74, 6) is -0.278. The van der Waals surface area contributed by atoms with Gasteiger partial charge in [0.05, 0.1) is 12.2 Å². The Morgan fingerprint density at radius 2 is 1.93 bits per heavy atom. The van der Waals surface area contributed by atoms with Crippen LogP contribution in [0.2, 0.25) is 0 Å². The van der Waals surface area contributed by atoms with E-state index >= 15 is 0 Å². The number of nitrogens with one attached hydrogen (secondary N) is 1. The fraction of sp³-hybridized carbons (Fsp3) is 0.650. The molecular weight excluding hydrogens is 388 g/mol. The number of piperidine rings is 1. The van der Waals surface area contributed by atoms with E-state index in [0.29, 0.717) is 31.7 Å². The number of carbonyl (C=O) groups is 1. The van der Waals surface area contributed by atoms with Crippen LogP contribution in [0.5, 0.6) is 0 Å². The fourth-order valence-corrected chi connectivity index (χ4v) is 4.03. The second-order valence-electron chi connectivity index (χ2n) is 7.92. The van der Waals surface area contributed by atoms with Crippen LogP contribution in [0, 0.1) is 12.7 Å². The molecule has 9 heteroatoms. The lowest BCUT2D eigenvalue weighted by Gasteiger charge is -2.36. The third kappa shape index (κ3) is 6.22. The number of aryl methyl sites for hydroxylation is 1. The number of benzene rings is 1. The maximum absolute atomic E-state index is 14.2. The Balaban J connectivity index is 1.54. The largest absolute Gasteiger partial charge is 0.401 e. The summed E-state index contributed by atoms with van der Waals surface area (Å²) in [6.45, 7) is 3.44. The predicted molar refractivity (Wildman–Crippen MR) is 104 cm³/mol. The average molecular weight is 416 g/mol. The van der Waals surface area contributed by atoms with Crippen molar-refractivity contribution in [3.8, 4) is 0 Å². The highest BCUT2D eigenvalue weighted by molar-refractivity contribution is 5.74. The Morgan fingerprint density at radius 1 is 1.14 bits per heavy atom. The predicted octanol–water partition coefficient (Wildman–Crippen LogP) is 3.38. The fourth-order valence-electron chi connectivity index (χ4n) is 4.03. The summed E-state index contributed by atoms with van der Waals surface area (Å²) in [7, 11) is 0. The number of anilines is 1. The van der Waals surface area contributed by atoms with E-state index in [1.54, 1.807) is 11.0 Å². The van der Waals surface area contributed by atoms with Gasteiger partial charge in [-0.1, -0.05) is 6.07 Å². The van der Waals surface area contributed by atoms with Gasteiger partial charge in [-0.2, -0.15) is 13.2 Å². The summed E-state index contributed by atoms with van der Waals surface area (Å²) in [5.41, 5.74) is 1.52. The molecular formula is C20H28F4N4O. The Kier molecular flexibility index (Phi) is 6.87. The second kappa shape index (κ2) is 9.19. The monoisotopic (exact) mass is 416 g/mol. The van der Waals surface area contributed by atoms with Crippen molar-refractivity contribution < 1.29 is 22.4 Å². The molecule has 2 aliphatic heterocycles. The minimum Gasteiger partial charge on any atom is -0.367 e. The third-order valence-electron chi connectivity index (χ3n) is 5.47. The van der Waals surface area contributed by atoms with Gasteiger partial charge in [-0.05, 0) is 43.9 Å². The first-order valence-electron chi connectivity index (χ1n) is 10.1. The van der Waals surface area contributed by atoms with Gasteiger partial charge < -0.3 is 15.1 Å². The Bertz CT molecular complexity index is 712. The van der Waals surface area contributed by atoms with Crippen molar-refractivity contribution in [3.05, 3.63) is 29.6 Å². The van der Waals surface area contributed by atoms with Crippen LogP contribution >= 0.6 is 0 Å². The van der Waals surface area contributed by atoms with Crippen molar-refractivity contribution in [1.29, 1.82) is 0 Å². The third-order valence-corrected chi connectivity index (χ3v) is 5.47. The van der Waals surface area contributed by atoms with Crippen LogP contribution in [0.3, 0.4) is 0 Å². The van der Waals surface area contributed by atoms with Crippen molar-refractivity contribution in [2.75, 3.05) is 50.7 Å². The highest BCUT2D eigenvalue weighted by Crippen LogP contribution is 2.24. The second-order valence-corrected chi connectivity index (χ2v) is 7.92. The van der Waals surface area contributed by atoms with Crippen molar-refractivity contribution in [2.24, 2.45) is 0 Å². The zero-order valence-corrected chi connectivity index (χ0v) is 16.6. The van der Waals surface area contributed by atoms with Crippen molar-refractivity contribution in [2.45, 2.75) is 38.4 Å². The van der Waals surface area contributed by atoms with Crippen LogP contribution in [0.25, 0.3) is 0 Å². The molecule has 1 aromatic rings. The summed E-state index contributed by atoms with van der Waals surface area (Å²) < 4.78 is 52.0. The molecule has 2 saturated heterocycles. The first kappa shape index (κ1) is 21.7. The lowest BCUT2D eigenvalue weighted by molar-refractivity contribution is -0.145. The molecule has 2 heterocycles. The van der Waals surface area contributed by atoms with E-state index in [4.69, 9.17) is 0 Å². The molecule has 1 aromatic carbocycles. The number of hydrogen-bond donors (Lipinski definition) is 1. The molecule has 1 atom stereocenters. The highest BCUT2D eigenvalue weighted by Gasteiger charge is 2.32. The summed E-state index contributed by atoms with van der Waals surface area (Å²) in [6, 6.07) is 4.62. The number of carbonyl (C=O) groups excluding carboxylic acids is 1. The molecule has 29 heavy (non-hydrogen) atoms. The number of nitrogens with zero attached hydrogens (tertiary/aromatic N) is 3. The lowest BCUT2D eigenvalue weighted by Crippen LogP contribution is -2.52. The molecule has 0 saturated carbocycles. The molecule has 0 radical (unpaired) electrons.